The molecule has 19 heavy (non-hydrogen) atoms. The van der Waals surface area contributed by atoms with Crippen molar-refractivity contribution < 1.29 is 13.9 Å². The zero-order chi connectivity index (χ0) is 14.0. The average molecular weight is 344 g/mol. The maximum atomic E-state index is 13.5. The van der Waals surface area contributed by atoms with E-state index in [9.17, 15) is 9.18 Å². The molecule has 1 heterocycles. The normalized spacial score (nSPS) is 10.5. The van der Waals surface area contributed by atoms with Crippen LogP contribution in [0.2, 0.25) is 0 Å². The summed E-state index contributed by atoms with van der Waals surface area (Å²) < 4.78 is 18.8. The molecule has 0 bridgehead atoms. The van der Waals surface area contributed by atoms with E-state index in [-0.39, 0.29) is 5.82 Å². The zero-order valence-corrected chi connectivity index (χ0v) is 12.8. The summed E-state index contributed by atoms with van der Waals surface area (Å²) in [5, 5.41) is 0.604. The summed E-state index contributed by atoms with van der Waals surface area (Å²) in [7, 11) is 0. The summed E-state index contributed by atoms with van der Waals surface area (Å²) >= 11 is 4.44. The molecule has 0 fully saturated rings. The molecular weight excluding hydrogens is 333 g/mol. The number of aromatic nitrogens is 1. The maximum absolute atomic E-state index is 13.5. The molecule has 2 aromatic rings. The fraction of sp³-hybridized carbons (Fsp3) is 0.231. The number of rotatable bonds is 3. The fourth-order valence-electron chi connectivity index (χ4n) is 1.54. The van der Waals surface area contributed by atoms with Crippen LogP contribution in [0.1, 0.15) is 22.3 Å². The van der Waals surface area contributed by atoms with Gasteiger partial charge in [-0.1, -0.05) is 6.07 Å². The van der Waals surface area contributed by atoms with Crippen LogP contribution in [0.4, 0.5) is 4.39 Å². The zero-order valence-electron chi connectivity index (χ0n) is 10.4. The van der Waals surface area contributed by atoms with Crippen LogP contribution >= 0.6 is 27.3 Å². The third kappa shape index (κ3) is 3.01. The predicted octanol–water partition coefficient (Wildman–Crippen LogP) is 4.20. The first kappa shape index (κ1) is 14.1. The van der Waals surface area contributed by atoms with Crippen molar-refractivity contribution in [2.75, 3.05) is 6.61 Å². The van der Waals surface area contributed by atoms with E-state index in [4.69, 9.17) is 4.74 Å². The van der Waals surface area contributed by atoms with Gasteiger partial charge in [-0.3, -0.25) is 0 Å². The molecule has 0 spiro atoms. The third-order valence-electron chi connectivity index (χ3n) is 2.43. The Morgan fingerprint density at radius 3 is 2.89 bits per heavy atom. The first-order chi connectivity index (χ1) is 9.02. The maximum Gasteiger partial charge on any atom is 0.358 e. The van der Waals surface area contributed by atoms with Crippen LogP contribution in [0.25, 0.3) is 10.6 Å². The van der Waals surface area contributed by atoms with Crippen molar-refractivity contribution in [2.45, 2.75) is 13.8 Å². The van der Waals surface area contributed by atoms with Crippen LogP contribution < -0.4 is 0 Å². The molecule has 2 rings (SSSR count). The largest absolute Gasteiger partial charge is 0.461 e. The molecule has 0 unspecified atom stereocenters. The van der Waals surface area contributed by atoms with Crippen molar-refractivity contribution in [1.82, 2.24) is 4.98 Å². The highest BCUT2D eigenvalue weighted by atomic mass is 79.9. The van der Waals surface area contributed by atoms with Gasteiger partial charge in [0, 0.05) is 10.4 Å². The monoisotopic (exact) mass is 343 g/mol. The summed E-state index contributed by atoms with van der Waals surface area (Å²) in [6.07, 6.45) is 0. The molecule has 0 aliphatic rings. The molecule has 0 N–H and O–H groups in total. The van der Waals surface area contributed by atoms with Crippen LogP contribution in [0, 0.1) is 12.7 Å². The Bertz CT molecular complexity index is 627. The highest BCUT2D eigenvalue weighted by Crippen LogP contribution is 2.30. The van der Waals surface area contributed by atoms with Gasteiger partial charge in [0.05, 0.1) is 11.1 Å². The molecule has 0 saturated carbocycles. The van der Waals surface area contributed by atoms with Gasteiger partial charge in [0.1, 0.15) is 10.8 Å². The van der Waals surface area contributed by atoms with Crippen molar-refractivity contribution >= 4 is 33.2 Å². The number of esters is 1. The number of carbonyl (C=O) groups excluding carboxylic acids is 1. The fourth-order valence-corrected chi connectivity index (χ4v) is 2.68. The van der Waals surface area contributed by atoms with Crippen LogP contribution in [-0.4, -0.2) is 17.6 Å². The summed E-state index contributed by atoms with van der Waals surface area (Å²) in [5.74, 6) is -0.803. The first-order valence-electron chi connectivity index (χ1n) is 5.63. The van der Waals surface area contributed by atoms with Gasteiger partial charge in [-0.05, 0) is 41.9 Å². The number of halogens is 2. The number of thiazole rings is 1. The van der Waals surface area contributed by atoms with Gasteiger partial charge in [0.25, 0.3) is 0 Å². The van der Waals surface area contributed by atoms with E-state index in [1.807, 2.05) is 0 Å². The van der Waals surface area contributed by atoms with E-state index < -0.39 is 5.97 Å². The third-order valence-corrected chi connectivity index (χ3v) is 4.09. The number of aryl methyl sites for hydroxylation is 1. The van der Waals surface area contributed by atoms with E-state index in [0.717, 1.165) is 4.88 Å². The molecular formula is C13H11BrFNO2S. The van der Waals surface area contributed by atoms with Gasteiger partial charge in [-0.15, -0.1) is 11.3 Å². The minimum absolute atomic E-state index is 0.296. The Morgan fingerprint density at radius 2 is 2.26 bits per heavy atom. The number of nitrogens with zero attached hydrogens (tertiary/aromatic N) is 1. The second kappa shape index (κ2) is 5.79. The smallest absolute Gasteiger partial charge is 0.358 e. The second-order valence-electron chi connectivity index (χ2n) is 3.77. The molecule has 100 valence electrons. The molecule has 0 aliphatic heterocycles. The van der Waals surface area contributed by atoms with Crippen LogP contribution in [-0.2, 0) is 4.74 Å². The van der Waals surface area contributed by atoms with Crippen molar-refractivity contribution in [3.05, 3.63) is 39.1 Å². The predicted molar refractivity (Wildman–Crippen MR) is 75.9 cm³/mol. The molecule has 0 amide bonds. The Balaban J connectivity index is 2.38. The molecule has 0 radical (unpaired) electrons. The SMILES string of the molecule is CCOC(=O)c1nc(-c2ccc(Br)c(F)c2)sc1C. The Morgan fingerprint density at radius 1 is 1.53 bits per heavy atom. The molecule has 1 aromatic heterocycles. The topological polar surface area (TPSA) is 39.2 Å². The summed E-state index contributed by atoms with van der Waals surface area (Å²) in [4.78, 5) is 16.7. The lowest BCUT2D eigenvalue weighted by atomic mass is 10.2. The van der Waals surface area contributed by atoms with E-state index in [2.05, 4.69) is 20.9 Å². The summed E-state index contributed by atoms with van der Waals surface area (Å²) in [5.41, 5.74) is 0.939. The number of benzene rings is 1. The molecule has 0 atom stereocenters. The van der Waals surface area contributed by atoms with Gasteiger partial charge >= 0.3 is 5.97 Å². The lowest BCUT2D eigenvalue weighted by Crippen LogP contribution is -2.06. The molecule has 0 aliphatic carbocycles. The van der Waals surface area contributed by atoms with Gasteiger partial charge in [0.15, 0.2) is 5.69 Å². The van der Waals surface area contributed by atoms with E-state index >= 15 is 0 Å². The van der Waals surface area contributed by atoms with Crippen molar-refractivity contribution in [2.24, 2.45) is 0 Å². The lowest BCUT2D eigenvalue weighted by Gasteiger charge is -1.99. The Hall–Kier alpha value is -1.27. The standard InChI is InChI=1S/C13H11BrFNO2S/c1-3-18-13(17)11-7(2)19-12(16-11)8-4-5-9(14)10(15)6-8/h4-6H,3H2,1-2H3. The van der Waals surface area contributed by atoms with Gasteiger partial charge < -0.3 is 4.74 Å². The van der Waals surface area contributed by atoms with Crippen LogP contribution in [0.15, 0.2) is 22.7 Å². The number of hydrogen-bond donors (Lipinski definition) is 0. The second-order valence-corrected chi connectivity index (χ2v) is 5.83. The first-order valence-corrected chi connectivity index (χ1v) is 7.23. The van der Waals surface area contributed by atoms with E-state index in [1.54, 1.807) is 26.0 Å². The minimum atomic E-state index is -0.444. The van der Waals surface area contributed by atoms with E-state index in [1.165, 1.54) is 17.4 Å². The molecule has 1 aromatic carbocycles. The summed E-state index contributed by atoms with van der Waals surface area (Å²) in [6, 6.07) is 4.75. The highest BCUT2D eigenvalue weighted by Gasteiger charge is 2.17. The number of ether oxygens (including phenoxy) is 1. The van der Waals surface area contributed by atoms with Crippen LogP contribution in [0.3, 0.4) is 0 Å². The van der Waals surface area contributed by atoms with Crippen molar-refractivity contribution in [1.29, 1.82) is 0 Å². The Labute approximate surface area is 122 Å². The molecule has 6 heteroatoms. The van der Waals surface area contributed by atoms with Gasteiger partial charge in [-0.25, -0.2) is 14.2 Å². The van der Waals surface area contributed by atoms with Crippen LogP contribution in [0.5, 0.6) is 0 Å². The summed E-state index contributed by atoms with van der Waals surface area (Å²) in [6.45, 7) is 3.84. The van der Waals surface area contributed by atoms with E-state index in [0.29, 0.717) is 27.3 Å². The van der Waals surface area contributed by atoms with Gasteiger partial charge in [0.2, 0.25) is 0 Å². The van der Waals surface area contributed by atoms with Crippen molar-refractivity contribution in [3.8, 4) is 10.6 Å². The number of carbonyl (C=O) groups is 1. The minimum Gasteiger partial charge on any atom is -0.461 e. The molecule has 3 nitrogen and oxygen atoms in total. The molecule has 0 saturated heterocycles. The quantitative estimate of drug-likeness (QED) is 0.784. The number of hydrogen-bond acceptors (Lipinski definition) is 4. The van der Waals surface area contributed by atoms with Gasteiger partial charge in [-0.2, -0.15) is 0 Å². The Kier molecular flexibility index (Phi) is 4.31. The van der Waals surface area contributed by atoms with Crippen molar-refractivity contribution in [3.63, 3.8) is 0 Å². The lowest BCUT2D eigenvalue weighted by molar-refractivity contribution is 0.0519. The average Bonchev–Trinajstić information content (AvgIpc) is 2.75. The highest BCUT2D eigenvalue weighted by molar-refractivity contribution is 9.10.